The van der Waals surface area contributed by atoms with Gasteiger partial charge in [-0.2, -0.15) is 0 Å². The number of piperidine rings is 1. The second-order valence-corrected chi connectivity index (χ2v) is 6.30. The van der Waals surface area contributed by atoms with Crippen molar-refractivity contribution in [3.63, 3.8) is 0 Å². The number of amides is 2. The quantitative estimate of drug-likeness (QED) is 0.828. The van der Waals surface area contributed by atoms with Crippen LogP contribution in [0.25, 0.3) is 0 Å². The Kier molecular flexibility index (Phi) is 6.29. The van der Waals surface area contributed by atoms with Gasteiger partial charge in [-0.1, -0.05) is 13.3 Å². The van der Waals surface area contributed by atoms with Gasteiger partial charge in [0, 0.05) is 38.7 Å². The molecule has 0 saturated carbocycles. The van der Waals surface area contributed by atoms with Gasteiger partial charge >= 0.3 is 0 Å². The lowest BCUT2D eigenvalue weighted by molar-refractivity contribution is -0.135. The Labute approximate surface area is 141 Å². The summed E-state index contributed by atoms with van der Waals surface area (Å²) < 4.78 is 26.7. The second-order valence-electron chi connectivity index (χ2n) is 6.30. The molecule has 1 heterocycles. The smallest absolute Gasteiger partial charge is 0.256 e. The molecular weight excluding hydrogens is 314 g/mol. The molecule has 0 bridgehead atoms. The zero-order valence-corrected chi connectivity index (χ0v) is 14.2. The average Bonchev–Trinajstić information content (AvgIpc) is 2.58. The number of unbranched alkanes of at least 4 members (excludes halogenated alkanes) is 1. The van der Waals surface area contributed by atoms with Crippen molar-refractivity contribution >= 4 is 11.8 Å². The third-order valence-electron chi connectivity index (χ3n) is 4.52. The molecule has 6 heteroatoms. The predicted molar refractivity (Wildman–Crippen MR) is 87.5 cm³/mol. The van der Waals surface area contributed by atoms with Crippen molar-refractivity contribution in [2.24, 2.45) is 5.92 Å². The van der Waals surface area contributed by atoms with Gasteiger partial charge < -0.3 is 9.80 Å². The lowest BCUT2D eigenvalue weighted by atomic mass is 9.94. The van der Waals surface area contributed by atoms with Gasteiger partial charge in [0.25, 0.3) is 5.91 Å². The van der Waals surface area contributed by atoms with Crippen molar-refractivity contribution in [2.45, 2.75) is 32.6 Å². The van der Waals surface area contributed by atoms with Crippen molar-refractivity contribution in [3.05, 3.63) is 35.4 Å². The SMILES string of the molecule is CCCCN(C)C(=O)C1CCN(C(=O)c2ccc(F)cc2F)CC1. The summed E-state index contributed by atoms with van der Waals surface area (Å²) in [5.74, 6) is -1.98. The minimum Gasteiger partial charge on any atom is -0.346 e. The fourth-order valence-corrected chi connectivity index (χ4v) is 2.98. The Hall–Kier alpha value is -1.98. The highest BCUT2D eigenvalue weighted by Crippen LogP contribution is 2.22. The third kappa shape index (κ3) is 4.30. The normalized spacial score (nSPS) is 15.4. The number of carbonyl (C=O) groups is 2. The Morgan fingerprint density at radius 3 is 2.50 bits per heavy atom. The number of likely N-dealkylation sites (tertiary alicyclic amines) is 1. The molecule has 2 rings (SSSR count). The molecule has 0 aliphatic carbocycles. The van der Waals surface area contributed by atoms with Gasteiger partial charge in [0.15, 0.2) is 0 Å². The molecule has 1 aliphatic heterocycles. The van der Waals surface area contributed by atoms with Crippen molar-refractivity contribution in [1.29, 1.82) is 0 Å². The van der Waals surface area contributed by atoms with Gasteiger partial charge in [0.2, 0.25) is 5.91 Å². The Bertz CT molecular complexity index is 599. The van der Waals surface area contributed by atoms with Crippen molar-refractivity contribution in [1.82, 2.24) is 9.80 Å². The highest BCUT2D eigenvalue weighted by Gasteiger charge is 2.30. The van der Waals surface area contributed by atoms with E-state index in [-0.39, 0.29) is 17.4 Å². The molecule has 0 spiro atoms. The molecule has 1 aromatic carbocycles. The lowest BCUT2D eigenvalue weighted by Gasteiger charge is -2.33. The van der Waals surface area contributed by atoms with Crippen LogP contribution in [-0.2, 0) is 4.79 Å². The molecular formula is C18H24F2N2O2. The molecule has 132 valence electrons. The van der Waals surface area contributed by atoms with Crippen LogP contribution < -0.4 is 0 Å². The van der Waals surface area contributed by atoms with E-state index in [1.807, 2.05) is 7.05 Å². The van der Waals surface area contributed by atoms with Crippen molar-refractivity contribution in [2.75, 3.05) is 26.7 Å². The van der Waals surface area contributed by atoms with E-state index in [0.29, 0.717) is 32.0 Å². The van der Waals surface area contributed by atoms with Crippen LogP contribution in [0.15, 0.2) is 18.2 Å². The van der Waals surface area contributed by atoms with Crippen LogP contribution in [0.3, 0.4) is 0 Å². The molecule has 0 atom stereocenters. The largest absolute Gasteiger partial charge is 0.346 e. The van der Waals surface area contributed by atoms with Crippen molar-refractivity contribution in [3.8, 4) is 0 Å². The number of hydrogen-bond donors (Lipinski definition) is 0. The Balaban J connectivity index is 1.92. The van der Waals surface area contributed by atoms with Crippen LogP contribution in [0.5, 0.6) is 0 Å². The van der Waals surface area contributed by atoms with E-state index in [0.717, 1.165) is 25.5 Å². The molecule has 1 aliphatic rings. The number of benzene rings is 1. The molecule has 2 amide bonds. The van der Waals surface area contributed by atoms with Gasteiger partial charge in [0.05, 0.1) is 5.56 Å². The average molecular weight is 338 g/mol. The summed E-state index contributed by atoms with van der Waals surface area (Å²) in [6.07, 6.45) is 3.16. The van der Waals surface area contributed by atoms with E-state index in [2.05, 4.69) is 6.92 Å². The zero-order valence-electron chi connectivity index (χ0n) is 14.2. The number of nitrogens with zero attached hydrogens (tertiary/aromatic N) is 2. The maximum absolute atomic E-state index is 13.7. The summed E-state index contributed by atoms with van der Waals surface area (Å²) in [6.45, 7) is 3.65. The van der Waals surface area contributed by atoms with Crippen LogP contribution in [0.4, 0.5) is 8.78 Å². The summed E-state index contributed by atoms with van der Waals surface area (Å²) in [4.78, 5) is 28.0. The first-order valence-electron chi connectivity index (χ1n) is 8.43. The molecule has 24 heavy (non-hydrogen) atoms. The third-order valence-corrected chi connectivity index (χ3v) is 4.52. The number of halogens is 2. The molecule has 0 aromatic heterocycles. The summed E-state index contributed by atoms with van der Waals surface area (Å²) in [6, 6.07) is 2.96. The summed E-state index contributed by atoms with van der Waals surface area (Å²) in [5, 5.41) is 0. The molecule has 4 nitrogen and oxygen atoms in total. The van der Waals surface area contributed by atoms with Crippen LogP contribution in [0.2, 0.25) is 0 Å². The van der Waals surface area contributed by atoms with Gasteiger partial charge in [-0.3, -0.25) is 9.59 Å². The van der Waals surface area contributed by atoms with Gasteiger partial charge in [-0.25, -0.2) is 8.78 Å². The van der Waals surface area contributed by atoms with Crippen LogP contribution >= 0.6 is 0 Å². The number of hydrogen-bond acceptors (Lipinski definition) is 2. The van der Waals surface area contributed by atoms with Gasteiger partial charge in [-0.05, 0) is 31.4 Å². The maximum Gasteiger partial charge on any atom is 0.256 e. The summed E-state index contributed by atoms with van der Waals surface area (Å²) in [5.41, 5.74) is -0.124. The van der Waals surface area contributed by atoms with Crippen LogP contribution in [-0.4, -0.2) is 48.3 Å². The summed E-state index contributed by atoms with van der Waals surface area (Å²) >= 11 is 0. The maximum atomic E-state index is 13.7. The van der Waals surface area contributed by atoms with Crippen molar-refractivity contribution < 1.29 is 18.4 Å². The summed E-state index contributed by atoms with van der Waals surface area (Å²) in [7, 11) is 1.81. The predicted octanol–water partition coefficient (Wildman–Crippen LogP) is 3.08. The fraction of sp³-hybridized carbons (Fsp3) is 0.556. The molecule has 0 radical (unpaired) electrons. The highest BCUT2D eigenvalue weighted by molar-refractivity contribution is 5.94. The number of carbonyl (C=O) groups excluding carboxylic acids is 2. The van der Waals surface area contributed by atoms with Crippen LogP contribution in [0.1, 0.15) is 43.0 Å². The van der Waals surface area contributed by atoms with Gasteiger partial charge in [0.1, 0.15) is 11.6 Å². The van der Waals surface area contributed by atoms with E-state index in [4.69, 9.17) is 0 Å². The first-order valence-corrected chi connectivity index (χ1v) is 8.43. The minimum atomic E-state index is -0.850. The lowest BCUT2D eigenvalue weighted by Crippen LogP contribution is -2.43. The zero-order chi connectivity index (χ0) is 17.7. The first kappa shape index (κ1) is 18.4. The fourth-order valence-electron chi connectivity index (χ4n) is 2.98. The second kappa shape index (κ2) is 8.22. The van der Waals surface area contributed by atoms with E-state index >= 15 is 0 Å². The monoisotopic (exact) mass is 338 g/mol. The standard InChI is InChI=1S/C18H24F2N2O2/c1-3-4-9-21(2)17(23)13-7-10-22(11-8-13)18(24)15-6-5-14(19)12-16(15)20/h5-6,12-13H,3-4,7-11H2,1-2H3. The molecule has 0 unspecified atom stereocenters. The number of rotatable bonds is 5. The molecule has 1 fully saturated rings. The highest BCUT2D eigenvalue weighted by atomic mass is 19.1. The van der Waals surface area contributed by atoms with Crippen LogP contribution in [0, 0.1) is 17.6 Å². The minimum absolute atomic E-state index is 0.0889. The topological polar surface area (TPSA) is 40.6 Å². The molecule has 0 N–H and O–H groups in total. The Morgan fingerprint density at radius 1 is 1.25 bits per heavy atom. The molecule has 1 saturated heterocycles. The molecule has 1 aromatic rings. The van der Waals surface area contributed by atoms with E-state index in [1.165, 1.54) is 11.0 Å². The van der Waals surface area contributed by atoms with E-state index in [9.17, 15) is 18.4 Å². The Morgan fingerprint density at radius 2 is 1.92 bits per heavy atom. The van der Waals surface area contributed by atoms with E-state index in [1.54, 1.807) is 4.90 Å². The van der Waals surface area contributed by atoms with E-state index < -0.39 is 17.5 Å². The van der Waals surface area contributed by atoms with Gasteiger partial charge in [-0.15, -0.1) is 0 Å². The first-order chi connectivity index (χ1) is 11.4.